The summed E-state index contributed by atoms with van der Waals surface area (Å²) in [5.74, 6) is -0.784. The molecule has 1 aromatic heterocycles. The van der Waals surface area contributed by atoms with E-state index in [0.29, 0.717) is 18.7 Å². The lowest BCUT2D eigenvalue weighted by Crippen LogP contribution is -2.13. The van der Waals surface area contributed by atoms with Crippen LogP contribution in [0.4, 0.5) is 13.2 Å². The van der Waals surface area contributed by atoms with Crippen molar-refractivity contribution in [3.05, 3.63) is 17.7 Å². The van der Waals surface area contributed by atoms with Crippen molar-refractivity contribution in [3.8, 4) is 0 Å². The second-order valence-electron chi connectivity index (χ2n) is 3.73. The van der Waals surface area contributed by atoms with Gasteiger partial charge in [0.1, 0.15) is 0 Å². The zero-order chi connectivity index (χ0) is 11.1. The molecule has 0 unspecified atom stereocenters. The fourth-order valence-electron chi connectivity index (χ4n) is 1.55. The molecule has 1 aliphatic carbocycles. The maximum atomic E-state index is 12.6. The molecule has 0 aliphatic heterocycles. The van der Waals surface area contributed by atoms with Crippen LogP contribution in [0.1, 0.15) is 30.4 Å². The number of rotatable bonds is 3. The van der Waals surface area contributed by atoms with Crippen LogP contribution in [0.25, 0.3) is 0 Å². The highest BCUT2D eigenvalue weighted by Crippen LogP contribution is 2.40. The molecule has 1 aromatic rings. The summed E-state index contributed by atoms with van der Waals surface area (Å²) in [5, 5.41) is 0. The number of nitrogens with zero attached hydrogens (tertiary/aromatic N) is 2. The van der Waals surface area contributed by atoms with Crippen molar-refractivity contribution < 1.29 is 13.2 Å². The lowest BCUT2D eigenvalue weighted by Gasteiger charge is -2.08. The largest absolute Gasteiger partial charge is 0.449 e. The summed E-state index contributed by atoms with van der Waals surface area (Å²) >= 11 is 0. The first-order valence-corrected chi connectivity index (χ1v) is 4.87. The normalized spacial score (nSPS) is 17.1. The van der Waals surface area contributed by atoms with Gasteiger partial charge in [0.25, 0.3) is 0 Å². The van der Waals surface area contributed by atoms with Crippen molar-refractivity contribution in [2.75, 3.05) is 6.54 Å². The van der Waals surface area contributed by atoms with E-state index in [1.165, 1.54) is 10.8 Å². The average molecular weight is 219 g/mol. The lowest BCUT2D eigenvalue weighted by molar-refractivity contribution is -0.147. The van der Waals surface area contributed by atoms with Gasteiger partial charge in [0.15, 0.2) is 0 Å². The predicted octanol–water partition coefficient (Wildman–Crippen LogP) is 1.74. The minimum Gasteiger partial charge on any atom is -0.330 e. The van der Waals surface area contributed by atoms with E-state index in [9.17, 15) is 13.2 Å². The molecule has 1 saturated carbocycles. The van der Waals surface area contributed by atoms with Gasteiger partial charge >= 0.3 is 6.18 Å². The second kappa shape index (κ2) is 3.52. The van der Waals surface area contributed by atoms with E-state index in [1.807, 2.05) is 0 Å². The van der Waals surface area contributed by atoms with Crippen LogP contribution in [0.5, 0.6) is 0 Å². The van der Waals surface area contributed by atoms with Crippen LogP contribution in [-0.4, -0.2) is 16.1 Å². The van der Waals surface area contributed by atoms with Crippen LogP contribution in [0.2, 0.25) is 0 Å². The summed E-state index contributed by atoms with van der Waals surface area (Å²) in [6.45, 7) is 0.318. The number of nitrogens with two attached hydrogens (primary N) is 1. The van der Waals surface area contributed by atoms with Gasteiger partial charge in [0.2, 0.25) is 5.82 Å². The maximum Gasteiger partial charge on any atom is 0.449 e. The molecule has 3 nitrogen and oxygen atoms in total. The molecule has 0 amide bonds. The summed E-state index contributed by atoms with van der Waals surface area (Å²) in [7, 11) is 0. The Hall–Kier alpha value is -1.04. The molecule has 6 heteroatoms. The van der Waals surface area contributed by atoms with Gasteiger partial charge in [-0.2, -0.15) is 13.2 Å². The standard InChI is InChI=1S/C9H12F3N3/c10-9(11,12)8-14-6(3-4-13)5-15(8)7-1-2-7/h5,7H,1-4,13H2. The van der Waals surface area contributed by atoms with Gasteiger partial charge in [0.05, 0.1) is 5.69 Å². The molecule has 1 fully saturated rings. The Labute approximate surface area is 85.1 Å². The molecule has 84 valence electrons. The van der Waals surface area contributed by atoms with Crippen molar-refractivity contribution in [3.63, 3.8) is 0 Å². The monoisotopic (exact) mass is 219 g/mol. The molecule has 1 aliphatic rings. The molecular weight excluding hydrogens is 207 g/mol. The van der Waals surface area contributed by atoms with E-state index in [2.05, 4.69) is 4.98 Å². The molecule has 2 rings (SSSR count). The topological polar surface area (TPSA) is 43.8 Å². The highest BCUT2D eigenvalue weighted by atomic mass is 19.4. The third-order valence-electron chi connectivity index (χ3n) is 2.38. The number of hydrogen-bond acceptors (Lipinski definition) is 2. The maximum absolute atomic E-state index is 12.6. The van der Waals surface area contributed by atoms with Gasteiger partial charge in [0, 0.05) is 18.7 Å². The molecule has 0 aromatic carbocycles. The van der Waals surface area contributed by atoms with Crippen LogP contribution in [0, 0.1) is 0 Å². The minimum absolute atomic E-state index is 0.0133. The zero-order valence-electron chi connectivity index (χ0n) is 8.09. The van der Waals surface area contributed by atoms with Crippen LogP contribution in [-0.2, 0) is 12.6 Å². The van der Waals surface area contributed by atoms with Crippen molar-refractivity contribution in [2.45, 2.75) is 31.5 Å². The Morgan fingerprint density at radius 1 is 1.47 bits per heavy atom. The molecule has 0 atom stereocenters. The van der Waals surface area contributed by atoms with E-state index in [4.69, 9.17) is 5.73 Å². The quantitative estimate of drug-likeness (QED) is 0.841. The van der Waals surface area contributed by atoms with E-state index in [-0.39, 0.29) is 6.04 Å². The van der Waals surface area contributed by atoms with E-state index in [0.717, 1.165) is 12.8 Å². The van der Waals surface area contributed by atoms with Gasteiger partial charge in [-0.15, -0.1) is 0 Å². The Bertz CT molecular complexity index is 352. The second-order valence-corrected chi connectivity index (χ2v) is 3.73. The summed E-state index contributed by atoms with van der Waals surface area (Å²) in [6.07, 6.45) is -0.880. The van der Waals surface area contributed by atoms with Crippen molar-refractivity contribution in [1.82, 2.24) is 9.55 Å². The zero-order valence-corrected chi connectivity index (χ0v) is 8.09. The number of hydrogen-bond donors (Lipinski definition) is 1. The third-order valence-corrected chi connectivity index (χ3v) is 2.38. The summed E-state index contributed by atoms with van der Waals surface area (Å²) < 4.78 is 39.0. The Balaban J connectivity index is 2.33. The van der Waals surface area contributed by atoms with Crippen LogP contribution >= 0.6 is 0 Å². The molecular formula is C9H12F3N3. The molecule has 0 bridgehead atoms. The smallest absolute Gasteiger partial charge is 0.330 e. The van der Waals surface area contributed by atoms with Crippen LogP contribution in [0.3, 0.4) is 0 Å². The number of aromatic nitrogens is 2. The van der Waals surface area contributed by atoms with Gasteiger partial charge in [-0.3, -0.25) is 0 Å². The van der Waals surface area contributed by atoms with Crippen molar-refractivity contribution in [1.29, 1.82) is 0 Å². The van der Waals surface area contributed by atoms with Gasteiger partial charge < -0.3 is 10.3 Å². The highest BCUT2D eigenvalue weighted by Gasteiger charge is 2.40. The van der Waals surface area contributed by atoms with E-state index in [1.54, 1.807) is 0 Å². The molecule has 15 heavy (non-hydrogen) atoms. The molecule has 0 radical (unpaired) electrons. The molecule has 2 N–H and O–H groups in total. The first kappa shape index (κ1) is 10.5. The number of halogens is 3. The molecule has 1 heterocycles. The fraction of sp³-hybridized carbons (Fsp3) is 0.667. The third kappa shape index (κ3) is 2.14. The fourth-order valence-corrected chi connectivity index (χ4v) is 1.55. The summed E-state index contributed by atoms with van der Waals surface area (Å²) in [4.78, 5) is 3.59. The van der Waals surface area contributed by atoms with Gasteiger partial charge in [-0.05, 0) is 19.4 Å². The van der Waals surface area contributed by atoms with E-state index < -0.39 is 12.0 Å². The average Bonchev–Trinajstić information content (AvgIpc) is 2.87. The lowest BCUT2D eigenvalue weighted by atomic mass is 10.3. The Morgan fingerprint density at radius 2 is 2.13 bits per heavy atom. The SMILES string of the molecule is NCCc1cn(C2CC2)c(C(F)(F)F)n1. The Morgan fingerprint density at radius 3 is 2.60 bits per heavy atom. The first-order valence-electron chi connectivity index (χ1n) is 4.87. The highest BCUT2D eigenvalue weighted by molar-refractivity contribution is 5.10. The van der Waals surface area contributed by atoms with Crippen LogP contribution < -0.4 is 5.73 Å². The molecule has 0 saturated heterocycles. The number of imidazole rings is 1. The number of alkyl halides is 3. The van der Waals surface area contributed by atoms with E-state index >= 15 is 0 Å². The van der Waals surface area contributed by atoms with Crippen molar-refractivity contribution >= 4 is 0 Å². The summed E-state index contributed by atoms with van der Waals surface area (Å²) in [6, 6.07) is -0.0133. The minimum atomic E-state index is -4.37. The van der Waals surface area contributed by atoms with Gasteiger partial charge in [-0.1, -0.05) is 0 Å². The van der Waals surface area contributed by atoms with Crippen LogP contribution in [0.15, 0.2) is 6.20 Å². The first-order chi connectivity index (χ1) is 7.02. The molecule has 0 spiro atoms. The van der Waals surface area contributed by atoms with Gasteiger partial charge in [-0.25, -0.2) is 4.98 Å². The predicted molar refractivity (Wildman–Crippen MR) is 48.3 cm³/mol. The summed E-state index contributed by atoms with van der Waals surface area (Å²) in [5.41, 5.74) is 5.72. The van der Waals surface area contributed by atoms with Crippen molar-refractivity contribution in [2.24, 2.45) is 5.73 Å². The Kier molecular flexibility index (Phi) is 2.46.